The second-order valence-corrected chi connectivity index (χ2v) is 5.39. The van der Waals surface area contributed by atoms with E-state index in [9.17, 15) is 0 Å². The summed E-state index contributed by atoms with van der Waals surface area (Å²) in [5.74, 6) is 0. The summed E-state index contributed by atoms with van der Waals surface area (Å²) in [6.45, 7) is 7.37. The van der Waals surface area contributed by atoms with Gasteiger partial charge in [-0.05, 0) is 24.6 Å². The largest absolute Gasteiger partial charge is 0.378 e. The number of morpholine rings is 1. The van der Waals surface area contributed by atoms with Gasteiger partial charge in [0.25, 0.3) is 0 Å². The van der Waals surface area contributed by atoms with Gasteiger partial charge in [0, 0.05) is 43.1 Å². The molecule has 2 N–H and O–H groups in total. The fraction of sp³-hybridized carbons (Fsp3) is 0.438. The van der Waals surface area contributed by atoms with Crippen LogP contribution in [0.4, 0.5) is 5.69 Å². The average molecular weight is 286 g/mol. The molecule has 21 heavy (non-hydrogen) atoms. The molecule has 0 unspecified atom stereocenters. The highest BCUT2D eigenvalue weighted by molar-refractivity contribution is 5.47. The number of anilines is 1. The first kappa shape index (κ1) is 14.1. The van der Waals surface area contributed by atoms with Crippen molar-refractivity contribution in [1.82, 2.24) is 15.5 Å². The quantitative estimate of drug-likeness (QED) is 0.880. The lowest BCUT2D eigenvalue weighted by molar-refractivity contribution is 0.122. The summed E-state index contributed by atoms with van der Waals surface area (Å²) < 4.78 is 5.38. The van der Waals surface area contributed by atoms with Crippen molar-refractivity contribution in [2.45, 2.75) is 20.0 Å². The van der Waals surface area contributed by atoms with E-state index in [4.69, 9.17) is 4.74 Å². The molecule has 0 atom stereocenters. The Balaban J connectivity index is 1.51. The number of hydrogen-bond donors (Lipinski definition) is 2. The minimum absolute atomic E-state index is 0.827. The van der Waals surface area contributed by atoms with Gasteiger partial charge in [-0.3, -0.25) is 5.10 Å². The van der Waals surface area contributed by atoms with E-state index in [1.807, 2.05) is 13.1 Å². The molecule has 112 valence electrons. The van der Waals surface area contributed by atoms with Crippen molar-refractivity contribution < 1.29 is 4.74 Å². The lowest BCUT2D eigenvalue weighted by Gasteiger charge is -2.28. The zero-order chi connectivity index (χ0) is 14.5. The lowest BCUT2D eigenvalue weighted by Crippen LogP contribution is -2.36. The Morgan fingerprint density at radius 3 is 2.62 bits per heavy atom. The smallest absolute Gasteiger partial charge is 0.0642 e. The molecule has 2 aromatic rings. The molecule has 0 amide bonds. The molecule has 1 aromatic carbocycles. The summed E-state index contributed by atoms with van der Waals surface area (Å²) in [5, 5.41) is 10.4. The fourth-order valence-electron chi connectivity index (χ4n) is 2.54. The molecule has 5 nitrogen and oxygen atoms in total. The van der Waals surface area contributed by atoms with Gasteiger partial charge in [0.15, 0.2) is 0 Å². The second kappa shape index (κ2) is 6.74. The topological polar surface area (TPSA) is 53.2 Å². The minimum Gasteiger partial charge on any atom is -0.378 e. The first-order chi connectivity index (χ1) is 10.3. The molecular weight excluding hydrogens is 264 g/mol. The molecule has 3 rings (SSSR count). The Hall–Kier alpha value is -1.85. The summed E-state index contributed by atoms with van der Waals surface area (Å²) in [5.41, 5.74) is 4.94. The van der Waals surface area contributed by atoms with Gasteiger partial charge in [-0.15, -0.1) is 0 Å². The zero-order valence-corrected chi connectivity index (χ0v) is 12.4. The van der Waals surface area contributed by atoms with Crippen LogP contribution in [0.3, 0.4) is 0 Å². The second-order valence-electron chi connectivity index (χ2n) is 5.39. The number of nitrogens with one attached hydrogen (secondary N) is 2. The number of rotatable bonds is 5. The maximum Gasteiger partial charge on any atom is 0.0642 e. The molecule has 0 spiro atoms. The highest BCUT2D eigenvalue weighted by Gasteiger charge is 2.10. The highest BCUT2D eigenvalue weighted by Crippen LogP contribution is 2.16. The van der Waals surface area contributed by atoms with Crippen LogP contribution in [0.2, 0.25) is 0 Å². The van der Waals surface area contributed by atoms with Gasteiger partial charge in [0.1, 0.15) is 0 Å². The number of benzene rings is 1. The van der Waals surface area contributed by atoms with E-state index in [2.05, 4.69) is 44.7 Å². The Labute approximate surface area is 125 Å². The summed E-state index contributed by atoms with van der Waals surface area (Å²) in [6.07, 6.45) is 1.88. The number of hydrogen-bond acceptors (Lipinski definition) is 4. The summed E-state index contributed by atoms with van der Waals surface area (Å²) >= 11 is 0. The van der Waals surface area contributed by atoms with E-state index in [-0.39, 0.29) is 0 Å². The van der Waals surface area contributed by atoms with Gasteiger partial charge in [-0.25, -0.2) is 0 Å². The van der Waals surface area contributed by atoms with Crippen LogP contribution in [-0.4, -0.2) is 36.5 Å². The van der Waals surface area contributed by atoms with E-state index in [0.29, 0.717) is 0 Å². The Bertz CT molecular complexity index is 558. The normalized spacial score (nSPS) is 15.4. The third kappa shape index (κ3) is 3.62. The SMILES string of the molecule is Cc1[nH]ncc1CNCc1ccc(N2CCOCC2)cc1. The molecule has 2 heterocycles. The first-order valence-corrected chi connectivity index (χ1v) is 7.44. The summed E-state index contributed by atoms with van der Waals surface area (Å²) in [6, 6.07) is 8.79. The number of aromatic nitrogens is 2. The van der Waals surface area contributed by atoms with Crippen LogP contribution in [0.25, 0.3) is 0 Å². The zero-order valence-electron chi connectivity index (χ0n) is 12.4. The molecule has 1 aliphatic heterocycles. The number of ether oxygens (including phenoxy) is 1. The highest BCUT2D eigenvalue weighted by atomic mass is 16.5. The van der Waals surface area contributed by atoms with Crippen LogP contribution in [0.5, 0.6) is 0 Å². The van der Waals surface area contributed by atoms with Crippen LogP contribution in [-0.2, 0) is 17.8 Å². The lowest BCUT2D eigenvalue weighted by atomic mass is 10.2. The van der Waals surface area contributed by atoms with Gasteiger partial charge in [0.2, 0.25) is 0 Å². The molecule has 1 fully saturated rings. The van der Waals surface area contributed by atoms with E-state index >= 15 is 0 Å². The average Bonchev–Trinajstić information content (AvgIpc) is 2.94. The molecule has 1 saturated heterocycles. The minimum atomic E-state index is 0.827. The van der Waals surface area contributed by atoms with E-state index in [1.54, 1.807) is 0 Å². The van der Waals surface area contributed by atoms with Crippen LogP contribution < -0.4 is 10.2 Å². The third-order valence-corrected chi connectivity index (χ3v) is 3.89. The molecule has 0 bridgehead atoms. The van der Waals surface area contributed by atoms with Crippen LogP contribution in [0, 0.1) is 6.92 Å². The summed E-state index contributed by atoms with van der Waals surface area (Å²) in [4.78, 5) is 2.37. The van der Waals surface area contributed by atoms with Crippen molar-refractivity contribution >= 4 is 5.69 Å². The predicted octanol–water partition coefficient (Wildman–Crippen LogP) is 1.84. The summed E-state index contributed by atoms with van der Waals surface area (Å²) in [7, 11) is 0. The standard InChI is InChI=1S/C16H22N4O/c1-13-15(12-18-19-13)11-17-10-14-2-4-16(5-3-14)20-6-8-21-9-7-20/h2-5,12,17H,6-11H2,1H3,(H,18,19). The Morgan fingerprint density at radius 2 is 1.95 bits per heavy atom. The molecular formula is C16H22N4O. The van der Waals surface area contributed by atoms with Crippen molar-refractivity contribution in [2.75, 3.05) is 31.2 Å². The Kier molecular flexibility index (Phi) is 4.52. The van der Waals surface area contributed by atoms with Gasteiger partial charge in [-0.2, -0.15) is 5.10 Å². The van der Waals surface area contributed by atoms with Gasteiger partial charge >= 0.3 is 0 Å². The van der Waals surface area contributed by atoms with Gasteiger partial charge < -0.3 is 15.0 Å². The van der Waals surface area contributed by atoms with E-state index in [1.165, 1.54) is 16.8 Å². The predicted molar refractivity (Wildman–Crippen MR) is 83.3 cm³/mol. The van der Waals surface area contributed by atoms with Crippen molar-refractivity contribution in [3.63, 3.8) is 0 Å². The molecule has 1 aliphatic rings. The van der Waals surface area contributed by atoms with Crippen LogP contribution in [0.15, 0.2) is 30.5 Å². The van der Waals surface area contributed by atoms with Crippen molar-refractivity contribution in [2.24, 2.45) is 0 Å². The number of aryl methyl sites for hydroxylation is 1. The van der Waals surface area contributed by atoms with Crippen molar-refractivity contribution in [3.8, 4) is 0 Å². The fourth-order valence-corrected chi connectivity index (χ4v) is 2.54. The van der Waals surface area contributed by atoms with Gasteiger partial charge in [-0.1, -0.05) is 12.1 Å². The Morgan fingerprint density at radius 1 is 1.19 bits per heavy atom. The monoisotopic (exact) mass is 286 g/mol. The maximum atomic E-state index is 5.38. The van der Waals surface area contributed by atoms with E-state index in [0.717, 1.165) is 45.1 Å². The number of nitrogens with zero attached hydrogens (tertiary/aromatic N) is 2. The third-order valence-electron chi connectivity index (χ3n) is 3.89. The maximum absolute atomic E-state index is 5.38. The molecule has 0 saturated carbocycles. The van der Waals surface area contributed by atoms with Crippen molar-refractivity contribution in [3.05, 3.63) is 47.3 Å². The van der Waals surface area contributed by atoms with Crippen molar-refractivity contribution in [1.29, 1.82) is 0 Å². The molecule has 1 aromatic heterocycles. The number of H-pyrrole nitrogens is 1. The van der Waals surface area contributed by atoms with Crippen LogP contribution in [0.1, 0.15) is 16.8 Å². The molecule has 0 aliphatic carbocycles. The molecule has 5 heteroatoms. The van der Waals surface area contributed by atoms with E-state index < -0.39 is 0 Å². The first-order valence-electron chi connectivity index (χ1n) is 7.44. The molecule has 0 radical (unpaired) electrons. The number of aromatic amines is 1. The van der Waals surface area contributed by atoms with Gasteiger partial charge in [0.05, 0.1) is 19.4 Å². The van der Waals surface area contributed by atoms with Crippen LogP contribution >= 0.6 is 0 Å².